The predicted octanol–water partition coefficient (Wildman–Crippen LogP) is 4.93. The molecule has 0 saturated heterocycles. The van der Waals surface area contributed by atoms with Crippen molar-refractivity contribution in [1.82, 2.24) is 9.97 Å². The van der Waals surface area contributed by atoms with Crippen molar-refractivity contribution in [2.45, 2.75) is 6.67 Å². The molecule has 3 aromatic rings. The summed E-state index contributed by atoms with van der Waals surface area (Å²) in [5.74, 6) is 0.484. The van der Waals surface area contributed by atoms with Crippen molar-refractivity contribution in [2.75, 3.05) is 0 Å². The predicted molar refractivity (Wildman–Crippen MR) is 84.4 cm³/mol. The quantitative estimate of drug-likeness (QED) is 0.667. The first-order valence-corrected chi connectivity index (χ1v) is 7.29. The number of aromatic amines is 1. The SMILES string of the molecule is O=Cc1cc2nc(-c3c(Cl)cccc3CF)[nH]c2cc1Br. The molecule has 3 nitrogen and oxygen atoms in total. The molecule has 0 radical (unpaired) electrons. The van der Waals surface area contributed by atoms with Crippen LogP contribution < -0.4 is 0 Å². The zero-order valence-corrected chi connectivity index (χ0v) is 13.0. The summed E-state index contributed by atoms with van der Waals surface area (Å²) in [5.41, 5.74) is 2.88. The number of benzene rings is 2. The standard InChI is InChI=1S/C15H9BrClFN2O/c16-10-5-13-12(4-9(10)7-21)19-15(20-13)14-8(6-18)2-1-3-11(14)17/h1-5,7H,6H2,(H,19,20). The van der Waals surface area contributed by atoms with Gasteiger partial charge in [0.15, 0.2) is 6.29 Å². The lowest BCUT2D eigenvalue weighted by atomic mass is 10.1. The van der Waals surface area contributed by atoms with Crippen molar-refractivity contribution in [3.8, 4) is 11.4 Å². The largest absolute Gasteiger partial charge is 0.338 e. The number of aromatic nitrogens is 2. The number of nitrogens with one attached hydrogen (secondary N) is 1. The highest BCUT2D eigenvalue weighted by atomic mass is 79.9. The highest BCUT2D eigenvalue weighted by Crippen LogP contribution is 2.32. The zero-order chi connectivity index (χ0) is 15.0. The number of fused-ring (bicyclic) bond motifs is 1. The van der Waals surface area contributed by atoms with Crippen LogP contribution >= 0.6 is 27.5 Å². The van der Waals surface area contributed by atoms with Gasteiger partial charge in [0, 0.05) is 15.6 Å². The Hall–Kier alpha value is -1.72. The molecule has 106 valence electrons. The molecule has 2 aromatic carbocycles. The van der Waals surface area contributed by atoms with Gasteiger partial charge >= 0.3 is 0 Å². The third-order valence-corrected chi connectivity index (χ3v) is 4.21. The second-order valence-corrected chi connectivity index (χ2v) is 5.76. The van der Waals surface area contributed by atoms with Gasteiger partial charge < -0.3 is 4.98 Å². The molecule has 0 saturated carbocycles. The van der Waals surface area contributed by atoms with E-state index in [9.17, 15) is 9.18 Å². The molecule has 1 aromatic heterocycles. The number of alkyl halides is 1. The van der Waals surface area contributed by atoms with E-state index in [1.54, 1.807) is 30.3 Å². The van der Waals surface area contributed by atoms with E-state index in [0.29, 0.717) is 37.5 Å². The van der Waals surface area contributed by atoms with Crippen LogP contribution in [-0.2, 0) is 6.67 Å². The highest BCUT2D eigenvalue weighted by molar-refractivity contribution is 9.10. The Morgan fingerprint density at radius 3 is 2.90 bits per heavy atom. The molecular weight excluding hydrogens is 359 g/mol. The maximum atomic E-state index is 13.1. The Balaban J connectivity index is 2.25. The topological polar surface area (TPSA) is 45.8 Å². The molecule has 0 bridgehead atoms. The van der Waals surface area contributed by atoms with Crippen molar-refractivity contribution in [1.29, 1.82) is 0 Å². The summed E-state index contributed by atoms with van der Waals surface area (Å²) < 4.78 is 13.8. The summed E-state index contributed by atoms with van der Waals surface area (Å²) in [6.45, 7) is -0.629. The Bertz CT molecular complexity index is 847. The maximum Gasteiger partial charge on any atom is 0.151 e. The molecule has 0 spiro atoms. The lowest BCUT2D eigenvalue weighted by molar-refractivity contribution is 0.112. The molecule has 3 rings (SSSR count). The first kappa shape index (κ1) is 14.2. The van der Waals surface area contributed by atoms with Gasteiger partial charge in [-0.05, 0) is 39.7 Å². The number of imidazole rings is 1. The van der Waals surface area contributed by atoms with E-state index < -0.39 is 6.67 Å². The van der Waals surface area contributed by atoms with E-state index in [4.69, 9.17) is 11.6 Å². The van der Waals surface area contributed by atoms with Gasteiger partial charge in [-0.3, -0.25) is 4.79 Å². The molecule has 0 amide bonds. The minimum Gasteiger partial charge on any atom is -0.338 e. The Morgan fingerprint density at radius 1 is 1.38 bits per heavy atom. The average molecular weight is 368 g/mol. The Morgan fingerprint density at radius 2 is 2.19 bits per heavy atom. The number of aldehydes is 1. The van der Waals surface area contributed by atoms with E-state index in [1.807, 2.05) is 0 Å². The lowest BCUT2D eigenvalue weighted by Crippen LogP contribution is -1.89. The van der Waals surface area contributed by atoms with Crippen molar-refractivity contribution < 1.29 is 9.18 Å². The lowest BCUT2D eigenvalue weighted by Gasteiger charge is -2.05. The van der Waals surface area contributed by atoms with Gasteiger partial charge in [0.2, 0.25) is 0 Å². The summed E-state index contributed by atoms with van der Waals surface area (Å²) in [6, 6.07) is 8.49. The van der Waals surface area contributed by atoms with E-state index >= 15 is 0 Å². The van der Waals surface area contributed by atoms with Gasteiger partial charge in [0.25, 0.3) is 0 Å². The molecular formula is C15H9BrClFN2O. The van der Waals surface area contributed by atoms with Crippen LogP contribution in [0, 0.1) is 0 Å². The second-order valence-electron chi connectivity index (χ2n) is 4.50. The minimum absolute atomic E-state index is 0.430. The van der Waals surface area contributed by atoms with Gasteiger partial charge in [0.1, 0.15) is 12.5 Å². The number of carbonyl (C=O) groups excluding carboxylic acids is 1. The number of rotatable bonds is 3. The molecule has 0 fully saturated rings. The highest BCUT2D eigenvalue weighted by Gasteiger charge is 2.14. The molecule has 0 aliphatic rings. The number of halogens is 3. The normalized spacial score (nSPS) is 11.0. The number of nitrogens with zero attached hydrogens (tertiary/aromatic N) is 1. The van der Waals surface area contributed by atoms with Crippen LogP contribution in [0.3, 0.4) is 0 Å². The van der Waals surface area contributed by atoms with Crippen LogP contribution in [-0.4, -0.2) is 16.3 Å². The first-order valence-electron chi connectivity index (χ1n) is 6.12. The molecule has 6 heteroatoms. The van der Waals surface area contributed by atoms with Gasteiger partial charge in [-0.1, -0.05) is 23.7 Å². The fourth-order valence-corrected chi connectivity index (χ4v) is 2.92. The fraction of sp³-hybridized carbons (Fsp3) is 0.0667. The van der Waals surface area contributed by atoms with Crippen molar-refractivity contribution in [3.05, 3.63) is 51.0 Å². The van der Waals surface area contributed by atoms with Crippen LogP contribution in [0.25, 0.3) is 22.4 Å². The summed E-state index contributed by atoms with van der Waals surface area (Å²) in [7, 11) is 0. The Kier molecular flexibility index (Phi) is 3.78. The van der Waals surface area contributed by atoms with Crippen LogP contribution in [0.4, 0.5) is 4.39 Å². The van der Waals surface area contributed by atoms with E-state index in [-0.39, 0.29) is 0 Å². The number of hydrogen-bond acceptors (Lipinski definition) is 2. The average Bonchev–Trinajstić information content (AvgIpc) is 2.87. The molecule has 1 heterocycles. The summed E-state index contributed by atoms with van der Waals surface area (Å²) in [6.07, 6.45) is 0.750. The molecule has 1 N–H and O–H groups in total. The number of carbonyl (C=O) groups is 1. The van der Waals surface area contributed by atoms with Crippen molar-refractivity contribution >= 4 is 44.9 Å². The molecule has 0 aliphatic heterocycles. The molecule has 0 atom stereocenters. The van der Waals surface area contributed by atoms with Crippen molar-refractivity contribution in [2.24, 2.45) is 0 Å². The van der Waals surface area contributed by atoms with Crippen molar-refractivity contribution in [3.63, 3.8) is 0 Å². The monoisotopic (exact) mass is 366 g/mol. The smallest absolute Gasteiger partial charge is 0.151 e. The molecule has 0 unspecified atom stereocenters. The van der Waals surface area contributed by atoms with Crippen LogP contribution in [0.2, 0.25) is 5.02 Å². The number of H-pyrrole nitrogens is 1. The fourth-order valence-electron chi connectivity index (χ4n) is 2.20. The Labute approximate surface area is 133 Å². The van der Waals surface area contributed by atoms with Gasteiger partial charge in [0.05, 0.1) is 16.1 Å². The second kappa shape index (κ2) is 5.58. The van der Waals surface area contributed by atoms with Crippen LogP contribution in [0.1, 0.15) is 15.9 Å². The van der Waals surface area contributed by atoms with E-state index in [2.05, 4.69) is 25.9 Å². The van der Waals surface area contributed by atoms with Gasteiger partial charge in [-0.15, -0.1) is 0 Å². The number of hydrogen-bond donors (Lipinski definition) is 1. The van der Waals surface area contributed by atoms with E-state index in [1.165, 1.54) is 0 Å². The molecule has 21 heavy (non-hydrogen) atoms. The van der Waals surface area contributed by atoms with E-state index in [0.717, 1.165) is 11.8 Å². The summed E-state index contributed by atoms with van der Waals surface area (Å²) >= 11 is 9.49. The van der Waals surface area contributed by atoms with Gasteiger partial charge in [-0.2, -0.15) is 0 Å². The molecule has 0 aliphatic carbocycles. The summed E-state index contributed by atoms with van der Waals surface area (Å²) in [5, 5.41) is 0.430. The maximum absolute atomic E-state index is 13.1. The van der Waals surface area contributed by atoms with Crippen LogP contribution in [0.15, 0.2) is 34.8 Å². The third-order valence-electron chi connectivity index (χ3n) is 3.21. The summed E-state index contributed by atoms with van der Waals surface area (Å²) in [4.78, 5) is 18.5. The zero-order valence-electron chi connectivity index (χ0n) is 10.7. The first-order chi connectivity index (χ1) is 10.1. The minimum atomic E-state index is -0.629. The van der Waals surface area contributed by atoms with Gasteiger partial charge in [-0.25, -0.2) is 9.37 Å². The van der Waals surface area contributed by atoms with Crippen LogP contribution in [0.5, 0.6) is 0 Å². The third kappa shape index (κ3) is 2.47.